The van der Waals surface area contributed by atoms with Gasteiger partial charge in [-0.25, -0.2) is 4.79 Å². The van der Waals surface area contributed by atoms with Gasteiger partial charge in [0.15, 0.2) is 0 Å². The van der Waals surface area contributed by atoms with Crippen molar-refractivity contribution in [3.63, 3.8) is 0 Å². The number of ether oxygens (including phenoxy) is 1. The van der Waals surface area contributed by atoms with Crippen LogP contribution >= 0.6 is 0 Å². The first-order valence-electron chi connectivity index (χ1n) is 7.72. The zero-order valence-corrected chi connectivity index (χ0v) is 13.8. The Kier molecular flexibility index (Phi) is 5.37. The minimum atomic E-state index is -0.213. The normalized spacial score (nSPS) is 23.1. The summed E-state index contributed by atoms with van der Waals surface area (Å²) >= 11 is 0. The Morgan fingerprint density at radius 3 is 2.68 bits per heavy atom. The highest BCUT2D eigenvalue weighted by Gasteiger charge is 2.33. The molecular formula is C16H26N4O2. The number of anilines is 1. The van der Waals surface area contributed by atoms with E-state index in [4.69, 9.17) is 4.74 Å². The van der Waals surface area contributed by atoms with Crippen LogP contribution in [0.1, 0.15) is 27.7 Å². The third kappa shape index (κ3) is 4.68. The molecule has 22 heavy (non-hydrogen) atoms. The van der Waals surface area contributed by atoms with Crippen molar-refractivity contribution in [3.05, 3.63) is 24.5 Å². The number of pyridine rings is 1. The summed E-state index contributed by atoms with van der Waals surface area (Å²) < 4.78 is 5.77. The van der Waals surface area contributed by atoms with Crippen molar-refractivity contribution in [1.29, 1.82) is 0 Å². The Balaban J connectivity index is 1.85. The fourth-order valence-electron chi connectivity index (χ4n) is 2.69. The van der Waals surface area contributed by atoms with Crippen LogP contribution < -0.4 is 10.6 Å². The molecule has 0 aromatic carbocycles. The van der Waals surface area contributed by atoms with E-state index in [0.717, 1.165) is 13.1 Å². The smallest absolute Gasteiger partial charge is 0.319 e. The molecule has 122 valence electrons. The highest BCUT2D eigenvalue weighted by atomic mass is 16.5. The van der Waals surface area contributed by atoms with E-state index in [1.807, 2.05) is 6.07 Å². The number of carbonyl (C=O) groups is 1. The van der Waals surface area contributed by atoms with Crippen LogP contribution in [0.3, 0.4) is 0 Å². The van der Waals surface area contributed by atoms with Crippen LogP contribution in [-0.4, -0.2) is 53.3 Å². The molecule has 6 heteroatoms. The molecule has 2 N–H and O–H groups in total. The van der Waals surface area contributed by atoms with Crippen LogP contribution in [0, 0.1) is 0 Å². The number of morpholine rings is 1. The van der Waals surface area contributed by atoms with Gasteiger partial charge in [-0.05, 0) is 39.8 Å². The van der Waals surface area contributed by atoms with Gasteiger partial charge in [-0.3, -0.25) is 9.88 Å². The minimum absolute atomic E-state index is 0.126. The molecule has 1 aromatic rings. The molecule has 0 bridgehead atoms. The molecule has 2 rings (SSSR count). The van der Waals surface area contributed by atoms with Crippen LogP contribution in [0.25, 0.3) is 0 Å². The van der Waals surface area contributed by atoms with E-state index in [0.29, 0.717) is 12.2 Å². The fraction of sp³-hybridized carbons (Fsp3) is 0.625. The number of rotatable bonds is 4. The van der Waals surface area contributed by atoms with Gasteiger partial charge in [-0.15, -0.1) is 0 Å². The maximum absolute atomic E-state index is 12.0. The molecule has 1 saturated heterocycles. The second-order valence-corrected chi connectivity index (χ2v) is 6.52. The first-order valence-corrected chi connectivity index (χ1v) is 7.72. The maximum Gasteiger partial charge on any atom is 0.319 e. The lowest BCUT2D eigenvalue weighted by Crippen LogP contribution is -2.58. The zero-order valence-electron chi connectivity index (χ0n) is 13.8. The summed E-state index contributed by atoms with van der Waals surface area (Å²) in [6.07, 6.45) is 3.72. The number of aromatic nitrogens is 1. The number of urea groups is 1. The molecule has 1 aromatic heterocycles. The molecule has 1 aliphatic rings. The van der Waals surface area contributed by atoms with Gasteiger partial charge in [0.2, 0.25) is 0 Å². The average molecular weight is 306 g/mol. The predicted octanol–water partition coefficient (Wildman–Crippen LogP) is 2.09. The first-order chi connectivity index (χ1) is 10.4. The lowest BCUT2D eigenvalue weighted by Gasteiger charge is -2.45. The highest BCUT2D eigenvalue weighted by molar-refractivity contribution is 5.88. The van der Waals surface area contributed by atoms with E-state index in [9.17, 15) is 4.79 Å². The van der Waals surface area contributed by atoms with E-state index in [1.54, 1.807) is 18.5 Å². The summed E-state index contributed by atoms with van der Waals surface area (Å²) in [5.41, 5.74) is 0.560. The standard InChI is InChI=1S/C16H26N4O2/c1-12-9-20(10-13(2)22-12)16(3,4)11-18-15(21)19-14-6-5-7-17-8-14/h5-8,12-13H,9-11H2,1-4H3,(H2,18,19,21)/t12-,13-/m0/s1. The zero-order chi connectivity index (χ0) is 16.2. The molecule has 0 unspecified atom stereocenters. The minimum Gasteiger partial charge on any atom is -0.373 e. The summed E-state index contributed by atoms with van der Waals surface area (Å²) in [7, 11) is 0. The summed E-state index contributed by atoms with van der Waals surface area (Å²) in [5.74, 6) is 0. The number of nitrogens with zero attached hydrogens (tertiary/aromatic N) is 2. The lowest BCUT2D eigenvalue weighted by atomic mass is 10.00. The van der Waals surface area contributed by atoms with Crippen molar-refractivity contribution < 1.29 is 9.53 Å². The third-order valence-electron chi connectivity index (χ3n) is 3.88. The largest absolute Gasteiger partial charge is 0.373 e. The molecule has 2 amide bonds. The van der Waals surface area contributed by atoms with Crippen molar-refractivity contribution >= 4 is 11.7 Å². The number of nitrogens with one attached hydrogen (secondary N) is 2. The summed E-state index contributed by atoms with van der Waals surface area (Å²) in [6.45, 7) is 10.8. The van der Waals surface area contributed by atoms with Crippen molar-refractivity contribution in [1.82, 2.24) is 15.2 Å². The van der Waals surface area contributed by atoms with Crippen LogP contribution in [-0.2, 0) is 4.74 Å². The lowest BCUT2D eigenvalue weighted by molar-refractivity contribution is -0.0947. The van der Waals surface area contributed by atoms with Crippen molar-refractivity contribution in [2.45, 2.75) is 45.4 Å². The second kappa shape index (κ2) is 7.07. The summed E-state index contributed by atoms with van der Waals surface area (Å²) in [6, 6.07) is 3.38. The SMILES string of the molecule is C[C@H]1CN(C(C)(C)CNC(=O)Nc2cccnc2)C[C@H](C)O1. The van der Waals surface area contributed by atoms with Gasteiger partial charge in [-0.2, -0.15) is 0 Å². The maximum atomic E-state index is 12.0. The monoisotopic (exact) mass is 306 g/mol. The van der Waals surface area contributed by atoms with Crippen molar-refractivity contribution in [2.24, 2.45) is 0 Å². The van der Waals surface area contributed by atoms with Crippen LogP contribution in [0.2, 0.25) is 0 Å². The van der Waals surface area contributed by atoms with Crippen LogP contribution in [0.5, 0.6) is 0 Å². The van der Waals surface area contributed by atoms with E-state index in [1.165, 1.54) is 0 Å². The quantitative estimate of drug-likeness (QED) is 0.894. The molecule has 0 spiro atoms. The first kappa shape index (κ1) is 16.7. The van der Waals surface area contributed by atoms with Crippen LogP contribution in [0.4, 0.5) is 10.5 Å². The Morgan fingerprint density at radius 1 is 1.41 bits per heavy atom. The fourth-order valence-corrected chi connectivity index (χ4v) is 2.69. The topological polar surface area (TPSA) is 66.5 Å². The van der Waals surface area contributed by atoms with Gasteiger partial charge >= 0.3 is 6.03 Å². The molecule has 2 atom stereocenters. The number of hydrogen-bond acceptors (Lipinski definition) is 4. The molecule has 0 radical (unpaired) electrons. The molecular weight excluding hydrogens is 280 g/mol. The Morgan fingerprint density at radius 2 is 2.09 bits per heavy atom. The van der Waals surface area contributed by atoms with Gasteiger partial charge in [0.25, 0.3) is 0 Å². The molecule has 1 fully saturated rings. The molecule has 0 saturated carbocycles. The predicted molar refractivity (Wildman–Crippen MR) is 86.9 cm³/mol. The number of amides is 2. The Labute approximate surface area is 132 Å². The second-order valence-electron chi connectivity index (χ2n) is 6.52. The van der Waals surface area contributed by atoms with E-state index < -0.39 is 0 Å². The van der Waals surface area contributed by atoms with Gasteiger partial charge in [0.05, 0.1) is 24.1 Å². The van der Waals surface area contributed by atoms with E-state index in [-0.39, 0.29) is 23.8 Å². The molecule has 6 nitrogen and oxygen atoms in total. The van der Waals surface area contributed by atoms with Crippen molar-refractivity contribution in [2.75, 3.05) is 25.0 Å². The van der Waals surface area contributed by atoms with Gasteiger partial charge in [-0.1, -0.05) is 0 Å². The average Bonchev–Trinajstić information content (AvgIpc) is 2.45. The van der Waals surface area contributed by atoms with Crippen molar-refractivity contribution in [3.8, 4) is 0 Å². The molecule has 0 aliphatic carbocycles. The van der Waals surface area contributed by atoms with E-state index in [2.05, 4.69) is 48.2 Å². The van der Waals surface area contributed by atoms with Gasteiger partial charge in [0, 0.05) is 31.4 Å². The van der Waals surface area contributed by atoms with E-state index >= 15 is 0 Å². The summed E-state index contributed by atoms with van der Waals surface area (Å²) in [5, 5.41) is 5.72. The molecule has 2 heterocycles. The number of carbonyl (C=O) groups excluding carboxylic acids is 1. The van der Waals surface area contributed by atoms with Gasteiger partial charge < -0.3 is 15.4 Å². The summed E-state index contributed by atoms with van der Waals surface area (Å²) in [4.78, 5) is 18.3. The third-order valence-corrected chi connectivity index (χ3v) is 3.88. The molecule has 1 aliphatic heterocycles. The Hall–Kier alpha value is -1.66. The highest BCUT2D eigenvalue weighted by Crippen LogP contribution is 2.20. The number of hydrogen-bond donors (Lipinski definition) is 2. The van der Waals surface area contributed by atoms with Gasteiger partial charge in [0.1, 0.15) is 0 Å². The van der Waals surface area contributed by atoms with Crippen LogP contribution in [0.15, 0.2) is 24.5 Å². The Bertz CT molecular complexity index is 482.